The van der Waals surface area contributed by atoms with Crippen LogP contribution in [0.1, 0.15) is 63.0 Å². The Bertz CT molecular complexity index is 989. The summed E-state index contributed by atoms with van der Waals surface area (Å²) >= 11 is 0. The molecule has 0 fully saturated rings. The fourth-order valence-corrected chi connectivity index (χ4v) is 3.94. The first-order valence-electron chi connectivity index (χ1n) is 9.89. The molecule has 11 heteroatoms. The summed E-state index contributed by atoms with van der Waals surface area (Å²) < 4.78 is 92.4. The monoisotopic (exact) mass is 502 g/mol. The Balaban J connectivity index is 0.00000578. The molecule has 0 amide bonds. The van der Waals surface area contributed by atoms with Gasteiger partial charge in [-0.3, -0.25) is 4.79 Å². The van der Waals surface area contributed by atoms with E-state index in [1.807, 2.05) is 20.8 Å². The summed E-state index contributed by atoms with van der Waals surface area (Å²) in [6, 6.07) is 5.98. The first kappa shape index (κ1) is 30.3. The molecule has 0 aliphatic heterocycles. The van der Waals surface area contributed by atoms with Crippen LogP contribution in [0.2, 0.25) is 0 Å². The van der Waals surface area contributed by atoms with E-state index in [2.05, 4.69) is 0 Å². The van der Waals surface area contributed by atoms with Gasteiger partial charge in [0.05, 0.1) is 11.1 Å². The van der Waals surface area contributed by atoms with Gasteiger partial charge in [0.25, 0.3) is 0 Å². The van der Waals surface area contributed by atoms with Crippen LogP contribution in [-0.4, -0.2) is 35.6 Å². The molecule has 0 saturated carbocycles. The Morgan fingerprint density at radius 3 is 1.65 bits per heavy atom. The Kier molecular flexibility index (Phi) is 9.39. The van der Waals surface area contributed by atoms with Crippen molar-refractivity contribution in [3.8, 4) is 11.5 Å². The first-order chi connectivity index (χ1) is 14.8. The number of rotatable bonds is 5. The molecule has 2 rings (SSSR count). The third-order valence-corrected chi connectivity index (χ3v) is 5.10. The van der Waals surface area contributed by atoms with Crippen molar-refractivity contribution >= 4 is 38.3 Å². The van der Waals surface area contributed by atoms with E-state index in [-0.39, 0.29) is 29.9 Å². The number of halogens is 6. The standard InChI is InChI=1S/C23H25F6O3P.Li.H/c1-20(2,3)31-13-10-11-17(16(12-13)32-21(4,5)6)33-19(30)18-14(22(24,25)26)8-7-9-15(18)23(27,28)29;;/h7-12,33H,1-6H3;;. The number of benzene rings is 2. The predicted molar refractivity (Wildman–Crippen MR) is 123 cm³/mol. The fourth-order valence-electron chi connectivity index (χ4n) is 2.89. The van der Waals surface area contributed by atoms with Gasteiger partial charge in [0.2, 0.25) is 0 Å². The molecule has 34 heavy (non-hydrogen) atoms. The third kappa shape index (κ3) is 8.52. The van der Waals surface area contributed by atoms with E-state index in [1.165, 1.54) is 18.2 Å². The van der Waals surface area contributed by atoms with Gasteiger partial charge < -0.3 is 9.47 Å². The molecule has 3 nitrogen and oxygen atoms in total. The first-order valence-corrected chi connectivity index (χ1v) is 10.9. The summed E-state index contributed by atoms with van der Waals surface area (Å²) in [5.74, 6) is 0.531. The van der Waals surface area contributed by atoms with Gasteiger partial charge in [-0.25, -0.2) is 0 Å². The molecular formula is C23H26F6LiO3P. The zero-order valence-corrected chi connectivity index (χ0v) is 20.0. The minimum atomic E-state index is -5.13. The van der Waals surface area contributed by atoms with Gasteiger partial charge in [-0.2, -0.15) is 26.3 Å². The van der Waals surface area contributed by atoms with Crippen LogP contribution in [0, 0.1) is 0 Å². The van der Waals surface area contributed by atoms with E-state index < -0.39 is 54.4 Å². The van der Waals surface area contributed by atoms with Crippen molar-refractivity contribution in [1.29, 1.82) is 0 Å². The molecule has 2 aromatic rings. The number of hydrogen-bond donors (Lipinski definition) is 0. The molecule has 0 heterocycles. The zero-order chi connectivity index (χ0) is 25.4. The van der Waals surface area contributed by atoms with Gasteiger partial charge in [-0.15, -0.1) is 0 Å². The number of alkyl halides is 6. The Hall–Kier alpha value is -1.68. The van der Waals surface area contributed by atoms with E-state index >= 15 is 0 Å². The second-order valence-electron chi connectivity index (χ2n) is 9.26. The number of carbonyl (C=O) groups excluding carboxylic acids is 1. The normalized spacial score (nSPS) is 13.1. The van der Waals surface area contributed by atoms with Crippen LogP contribution in [0.4, 0.5) is 26.3 Å². The fraction of sp³-hybridized carbons (Fsp3) is 0.435. The molecule has 0 saturated heterocycles. The van der Waals surface area contributed by atoms with Gasteiger partial charge in [0, 0.05) is 16.9 Å². The van der Waals surface area contributed by atoms with Crippen LogP contribution in [0.3, 0.4) is 0 Å². The molecule has 0 radical (unpaired) electrons. The van der Waals surface area contributed by atoms with Gasteiger partial charge in [0.15, 0.2) is 5.52 Å². The van der Waals surface area contributed by atoms with Gasteiger partial charge >= 0.3 is 31.2 Å². The summed E-state index contributed by atoms with van der Waals surface area (Å²) in [7, 11) is -1.04. The molecule has 0 aliphatic rings. The van der Waals surface area contributed by atoms with Crippen molar-refractivity contribution in [2.75, 3.05) is 0 Å². The average Bonchev–Trinajstić information content (AvgIpc) is 2.59. The van der Waals surface area contributed by atoms with E-state index in [1.54, 1.807) is 20.8 Å². The van der Waals surface area contributed by atoms with Crippen LogP contribution in [0.15, 0.2) is 36.4 Å². The van der Waals surface area contributed by atoms with Gasteiger partial charge in [-0.1, -0.05) is 6.07 Å². The third-order valence-electron chi connectivity index (χ3n) is 3.94. The quantitative estimate of drug-likeness (QED) is 0.264. The molecule has 0 N–H and O–H groups in total. The maximum atomic E-state index is 13.5. The van der Waals surface area contributed by atoms with Crippen LogP contribution in [0.25, 0.3) is 0 Å². The number of ether oxygens (including phenoxy) is 2. The van der Waals surface area contributed by atoms with E-state index in [4.69, 9.17) is 9.47 Å². The zero-order valence-electron chi connectivity index (χ0n) is 19.0. The van der Waals surface area contributed by atoms with Crippen LogP contribution < -0.4 is 14.8 Å². The molecule has 0 aromatic heterocycles. The summed E-state index contributed by atoms with van der Waals surface area (Å²) in [6.07, 6.45) is -10.3. The molecule has 0 spiro atoms. The van der Waals surface area contributed by atoms with Gasteiger partial charge in [-0.05, 0) is 74.4 Å². The molecule has 1 atom stereocenters. The van der Waals surface area contributed by atoms with E-state index in [0.717, 1.165) is 0 Å². The van der Waals surface area contributed by atoms with Gasteiger partial charge in [0.1, 0.15) is 22.7 Å². The number of hydrogen-bond acceptors (Lipinski definition) is 3. The Morgan fingerprint density at radius 1 is 0.765 bits per heavy atom. The predicted octanol–water partition coefficient (Wildman–Crippen LogP) is 6.57. The van der Waals surface area contributed by atoms with Crippen molar-refractivity contribution in [3.05, 3.63) is 53.1 Å². The Labute approximate surface area is 208 Å². The van der Waals surface area contributed by atoms with Crippen molar-refractivity contribution in [3.63, 3.8) is 0 Å². The minimum absolute atomic E-state index is 0. The second-order valence-corrected chi connectivity index (χ2v) is 10.5. The Morgan fingerprint density at radius 2 is 1.24 bits per heavy atom. The van der Waals surface area contributed by atoms with Crippen LogP contribution in [0.5, 0.6) is 11.5 Å². The van der Waals surface area contributed by atoms with Crippen molar-refractivity contribution in [2.45, 2.75) is 65.1 Å². The van der Waals surface area contributed by atoms with Crippen molar-refractivity contribution < 1.29 is 40.6 Å². The summed E-state index contributed by atoms with van der Waals surface area (Å²) in [4.78, 5) is 12.9. The molecule has 184 valence electrons. The second kappa shape index (κ2) is 10.5. The van der Waals surface area contributed by atoms with Crippen LogP contribution >= 0.6 is 8.58 Å². The molecular weight excluding hydrogens is 476 g/mol. The molecule has 2 aromatic carbocycles. The summed E-state index contributed by atoms with van der Waals surface area (Å²) in [6.45, 7) is 10.6. The molecule has 0 aliphatic carbocycles. The SMILES string of the molecule is CC(C)(C)Oc1ccc(PC(=O)c2c(C(F)(F)F)cccc2C(F)(F)F)c(OC(C)(C)C)c1.[LiH]. The number of carbonyl (C=O) groups is 1. The average molecular weight is 502 g/mol. The topological polar surface area (TPSA) is 35.5 Å². The van der Waals surface area contributed by atoms with E-state index in [0.29, 0.717) is 23.9 Å². The van der Waals surface area contributed by atoms with Crippen LogP contribution in [-0.2, 0) is 12.4 Å². The maximum absolute atomic E-state index is 13.5. The van der Waals surface area contributed by atoms with Crippen molar-refractivity contribution in [1.82, 2.24) is 0 Å². The molecule has 0 bridgehead atoms. The molecule has 1 unspecified atom stereocenters. The van der Waals surface area contributed by atoms with Crippen molar-refractivity contribution in [2.24, 2.45) is 0 Å². The summed E-state index contributed by atoms with van der Waals surface area (Å²) in [5.41, 5.74) is -7.25. The van der Waals surface area contributed by atoms with E-state index in [9.17, 15) is 31.1 Å². The summed E-state index contributed by atoms with van der Waals surface area (Å²) in [5, 5.41) is 0.168.